The molecule has 0 heterocycles. The van der Waals surface area contributed by atoms with E-state index in [4.69, 9.17) is 10.4 Å². The molecule has 1 aromatic rings. The summed E-state index contributed by atoms with van der Waals surface area (Å²) >= 11 is 0. The van der Waals surface area contributed by atoms with Crippen molar-refractivity contribution >= 4 is 11.6 Å². The Morgan fingerprint density at radius 2 is 2.26 bits per heavy atom. The molecule has 0 atom stereocenters. The number of carbonyl (C=O) groups is 1. The molecule has 0 saturated carbocycles. The largest absolute Gasteiger partial charge is 0.508 e. The van der Waals surface area contributed by atoms with Gasteiger partial charge in [0.2, 0.25) is 0 Å². The molecule has 0 aliphatic heterocycles. The summed E-state index contributed by atoms with van der Waals surface area (Å²) in [7, 11) is 0. The number of carbonyl (C=O) groups excluding carboxylic acids is 1. The highest BCUT2D eigenvalue weighted by molar-refractivity contribution is 6.06. The van der Waals surface area contributed by atoms with E-state index >= 15 is 0 Å². The minimum atomic E-state index is -0.565. The molecular weight excluding hydrogens is 246 g/mol. The van der Waals surface area contributed by atoms with Crippen LogP contribution in [0.15, 0.2) is 36.0 Å². The Kier molecular flexibility index (Phi) is 5.92. The SMILES string of the molecule is N#C/C(=C/NCCCO)C(=O)Nc1cccc(O)c1. The molecular formula is C13H15N3O3. The number of nitriles is 1. The molecule has 1 aromatic carbocycles. The van der Waals surface area contributed by atoms with Gasteiger partial charge in [0.25, 0.3) is 5.91 Å². The quantitative estimate of drug-likeness (QED) is 0.343. The first-order chi connectivity index (χ1) is 9.17. The first-order valence-electron chi connectivity index (χ1n) is 5.72. The van der Waals surface area contributed by atoms with Crippen molar-refractivity contribution in [3.05, 3.63) is 36.0 Å². The van der Waals surface area contributed by atoms with Crippen LogP contribution in [0.3, 0.4) is 0 Å². The fourth-order valence-electron chi connectivity index (χ4n) is 1.29. The van der Waals surface area contributed by atoms with E-state index in [2.05, 4.69) is 10.6 Å². The van der Waals surface area contributed by atoms with Crippen LogP contribution in [0, 0.1) is 11.3 Å². The monoisotopic (exact) mass is 261 g/mol. The highest BCUT2D eigenvalue weighted by Crippen LogP contribution is 2.15. The van der Waals surface area contributed by atoms with Crippen LogP contribution in [0.5, 0.6) is 5.75 Å². The third-order valence-electron chi connectivity index (χ3n) is 2.19. The summed E-state index contributed by atoms with van der Waals surface area (Å²) in [6.07, 6.45) is 1.83. The summed E-state index contributed by atoms with van der Waals surface area (Å²) in [5, 5.41) is 32.0. The smallest absolute Gasteiger partial charge is 0.267 e. The molecule has 0 aromatic heterocycles. The number of nitrogens with one attached hydrogen (secondary N) is 2. The summed E-state index contributed by atoms with van der Waals surface area (Å²) in [6, 6.07) is 7.82. The van der Waals surface area contributed by atoms with Gasteiger partial charge in [-0.2, -0.15) is 5.26 Å². The molecule has 0 aliphatic rings. The van der Waals surface area contributed by atoms with Gasteiger partial charge < -0.3 is 20.8 Å². The number of benzene rings is 1. The Hall–Kier alpha value is -2.52. The van der Waals surface area contributed by atoms with Crippen LogP contribution in [0.4, 0.5) is 5.69 Å². The van der Waals surface area contributed by atoms with Crippen LogP contribution in [0.25, 0.3) is 0 Å². The number of aliphatic hydroxyl groups excluding tert-OH is 1. The molecule has 1 amide bonds. The molecule has 0 unspecified atom stereocenters. The second kappa shape index (κ2) is 7.74. The third kappa shape index (κ3) is 5.10. The highest BCUT2D eigenvalue weighted by Gasteiger charge is 2.09. The maximum absolute atomic E-state index is 11.7. The summed E-state index contributed by atoms with van der Waals surface area (Å²) in [5.74, 6) is -0.536. The van der Waals surface area contributed by atoms with Gasteiger partial charge in [-0.05, 0) is 18.6 Å². The first kappa shape index (κ1) is 14.5. The normalized spacial score (nSPS) is 10.6. The number of hydrogen-bond acceptors (Lipinski definition) is 5. The molecule has 6 nitrogen and oxygen atoms in total. The van der Waals surface area contributed by atoms with E-state index in [0.29, 0.717) is 18.7 Å². The summed E-state index contributed by atoms with van der Waals surface area (Å²) in [4.78, 5) is 11.7. The van der Waals surface area contributed by atoms with E-state index < -0.39 is 5.91 Å². The highest BCUT2D eigenvalue weighted by atomic mass is 16.3. The van der Waals surface area contributed by atoms with Gasteiger partial charge in [0.1, 0.15) is 17.4 Å². The lowest BCUT2D eigenvalue weighted by Crippen LogP contribution is -2.17. The van der Waals surface area contributed by atoms with Gasteiger partial charge in [0, 0.05) is 31.1 Å². The second-order valence-electron chi connectivity index (χ2n) is 3.71. The molecule has 100 valence electrons. The molecule has 0 bridgehead atoms. The topological polar surface area (TPSA) is 105 Å². The van der Waals surface area contributed by atoms with Crippen molar-refractivity contribution in [1.29, 1.82) is 5.26 Å². The fraction of sp³-hybridized carbons (Fsp3) is 0.231. The number of aliphatic hydroxyl groups is 1. The van der Waals surface area contributed by atoms with E-state index in [1.807, 2.05) is 0 Å². The molecule has 0 radical (unpaired) electrons. The lowest BCUT2D eigenvalue weighted by molar-refractivity contribution is -0.112. The lowest BCUT2D eigenvalue weighted by Gasteiger charge is -2.05. The Balaban J connectivity index is 2.62. The van der Waals surface area contributed by atoms with Gasteiger partial charge in [0.15, 0.2) is 0 Å². The van der Waals surface area contributed by atoms with Crippen molar-refractivity contribution in [3.63, 3.8) is 0 Å². The number of phenolic OH excluding ortho intramolecular Hbond substituents is 1. The van der Waals surface area contributed by atoms with Crippen molar-refractivity contribution in [1.82, 2.24) is 5.32 Å². The molecule has 6 heteroatoms. The predicted octanol–water partition coefficient (Wildman–Crippen LogP) is 0.710. The number of anilines is 1. The van der Waals surface area contributed by atoms with E-state index in [1.165, 1.54) is 18.3 Å². The van der Waals surface area contributed by atoms with Crippen molar-refractivity contribution in [2.45, 2.75) is 6.42 Å². The van der Waals surface area contributed by atoms with Gasteiger partial charge in [-0.25, -0.2) is 0 Å². The standard InChI is InChI=1S/C13H15N3O3/c14-8-10(9-15-5-2-6-17)13(19)16-11-3-1-4-12(18)7-11/h1,3-4,7,9,15,17-18H,2,5-6H2,(H,16,19)/b10-9-. The maximum atomic E-state index is 11.7. The Labute approximate surface area is 111 Å². The van der Waals surface area contributed by atoms with Crippen molar-refractivity contribution in [2.24, 2.45) is 0 Å². The fourth-order valence-corrected chi connectivity index (χ4v) is 1.29. The number of phenols is 1. The number of hydrogen-bond donors (Lipinski definition) is 4. The van der Waals surface area contributed by atoms with E-state index in [-0.39, 0.29) is 17.9 Å². The number of aromatic hydroxyl groups is 1. The van der Waals surface area contributed by atoms with Crippen LogP contribution in [0.1, 0.15) is 6.42 Å². The van der Waals surface area contributed by atoms with Crippen molar-refractivity contribution in [2.75, 3.05) is 18.5 Å². The van der Waals surface area contributed by atoms with Crippen LogP contribution < -0.4 is 10.6 Å². The summed E-state index contributed by atoms with van der Waals surface area (Å²) < 4.78 is 0. The van der Waals surface area contributed by atoms with E-state index in [9.17, 15) is 9.90 Å². The van der Waals surface area contributed by atoms with Gasteiger partial charge in [0.05, 0.1) is 0 Å². The first-order valence-corrected chi connectivity index (χ1v) is 5.72. The zero-order valence-corrected chi connectivity index (χ0v) is 10.3. The Bertz CT molecular complexity index is 506. The Morgan fingerprint density at radius 1 is 1.47 bits per heavy atom. The zero-order valence-electron chi connectivity index (χ0n) is 10.3. The lowest BCUT2D eigenvalue weighted by atomic mass is 10.2. The number of amides is 1. The molecule has 0 spiro atoms. The van der Waals surface area contributed by atoms with Crippen LogP contribution in [0.2, 0.25) is 0 Å². The average molecular weight is 261 g/mol. The minimum Gasteiger partial charge on any atom is -0.508 e. The van der Waals surface area contributed by atoms with Gasteiger partial charge in [-0.1, -0.05) is 6.07 Å². The van der Waals surface area contributed by atoms with Crippen LogP contribution >= 0.6 is 0 Å². The molecule has 0 saturated heterocycles. The third-order valence-corrected chi connectivity index (χ3v) is 2.19. The molecule has 1 rings (SSSR count). The second-order valence-corrected chi connectivity index (χ2v) is 3.71. The van der Waals surface area contributed by atoms with E-state index in [1.54, 1.807) is 18.2 Å². The Morgan fingerprint density at radius 3 is 2.89 bits per heavy atom. The number of rotatable bonds is 6. The number of nitrogens with zero attached hydrogens (tertiary/aromatic N) is 1. The van der Waals surface area contributed by atoms with Gasteiger partial charge in [-0.15, -0.1) is 0 Å². The zero-order chi connectivity index (χ0) is 14.1. The van der Waals surface area contributed by atoms with Crippen LogP contribution in [-0.4, -0.2) is 29.3 Å². The molecule has 0 fully saturated rings. The summed E-state index contributed by atoms with van der Waals surface area (Å²) in [5.41, 5.74) is 0.322. The van der Waals surface area contributed by atoms with Crippen molar-refractivity contribution < 1.29 is 15.0 Å². The molecule has 19 heavy (non-hydrogen) atoms. The molecule has 0 aliphatic carbocycles. The predicted molar refractivity (Wildman–Crippen MR) is 70.1 cm³/mol. The van der Waals surface area contributed by atoms with Gasteiger partial charge in [-0.3, -0.25) is 4.79 Å². The maximum Gasteiger partial charge on any atom is 0.267 e. The van der Waals surface area contributed by atoms with Crippen LogP contribution in [-0.2, 0) is 4.79 Å². The minimum absolute atomic E-state index is 0.0290. The molecule has 4 N–H and O–H groups in total. The van der Waals surface area contributed by atoms with E-state index in [0.717, 1.165) is 0 Å². The average Bonchev–Trinajstić information content (AvgIpc) is 2.38. The van der Waals surface area contributed by atoms with Crippen molar-refractivity contribution in [3.8, 4) is 11.8 Å². The summed E-state index contributed by atoms with van der Waals surface area (Å²) in [6.45, 7) is 0.513. The van der Waals surface area contributed by atoms with Gasteiger partial charge >= 0.3 is 0 Å².